The second kappa shape index (κ2) is 7.22. The van der Waals surface area contributed by atoms with E-state index in [0.717, 1.165) is 15.6 Å². The molecule has 0 aliphatic rings. The largest absolute Gasteiger partial charge is 0.368 e. The Morgan fingerprint density at radius 1 is 1.18 bits per heavy atom. The molecule has 0 heterocycles. The fourth-order valence-corrected chi connectivity index (χ4v) is 2.45. The topological polar surface area (TPSA) is 72.2 Å². The lowest BCUT2D eigenvalue weighted by atomic mass is 10.0. The molecule has 0 aromatic heterocycles. The molecule has 2 aromatic carbocycles. The van der Waals surface area contributed by atoms with Crippen LogP contribution in [0.3, 0.4) is 0 Å². The van der Waals surface area contributed by atoms with Crippen LogP contribution in [-0.4, -0.2) is 17.9 Å². The summed E-state index contributed by atoms with van der Waals surface area (Å²) in [5.74, 6) is -0.874. The lowest BCUT2D eigenvalue weighted by Gasteiger charge is -2.16. The van der Waals surface area contributed by atoms with E-state index < -0.39 is 11.9 Å². The molecule has 0 unspecified atom stereocenters. The van der Waals surface area contributed by atoms with Crippen LogP contribution in [0.15, 0.2) is 53.0 Å². The van der Waals surface area contributed by atoms with Crippen LogP contribution in [0.25, 0.3) is 0 Å². The molecule has 0 spiro atoms. The minimum Gasteiger partial charge on any atom is -0.368 e. The van der Waals surface area contributed by atoms with Crippen molar-refractivity contribution in [2.75, 3.05) is 0 Å². The van der Waals surface area contributed by atoms with Crippen molar-refractivity contribution in [3.05, 3.63) is 69.7 Å². The van der Waals surface area contributed by atoms with Crippen LogP contribution in [0.5, 0.6) is 0 Å². The van der Waals surface area contributed by atoms with Crippen molar-refractivity contribution in [2.45, 2.75) is 19.4 Å². The average molecular weight is 361 g/mol. The standard InChI is InChI=1S/C17H17BrN2O2/c1-11-5-7-12(8-6-11)9-15(16(19)21)20-17(22)13-3-2-4-14(18)10-13/h2-8,10,15H,9H2,1H3,(H2,19,21)(H,20,22)/t15-/m0/s1. The highest BCUT2D eigenvalue weighted by Crippen LogP contribution is 2.12. The van der Waals surface area contributed by atoms with Crippen LogP contribution >= 0.6 is 15.9 Å². The second-order valence-corrected chi connectivity index (χ2v) is 6.04. The van der Waals surface area contributed by atoms with Gasteiger partial charge in [0.15, 0.2) is 0 Å². The van der Waals surface area contributed by atoms with E-state index in [4.69, 9.17) is 5.73 Å². The fourth-order valence-electron chi connectivity index (χ4n) is 2.05. The summed E-state index contributed by atoms with van der Waals surface area (Å²) in [7, 11) is 0. The van der Waals surface area contributed by atoms with Gasteiger partial charge in [-0.25, -0.2) is 0 Å². The first kappa shape index (κ1) is 16.2. The van der Waals surface area contributed by atoms with Crippen LogP contribution in [-0.2, 0) is 11.2 Å². The lowest BCUT2D eigenvalue weighted by Crippen LogP contribution is -2.45. The molecule has 5 heteroatoms. The number of nitrogens with two attached hydrogens (primary N) is 1. The predicted molar refractivity (Wildman–Crippen MR) is 89.5 cm³/mol. The van der Waals surface area contributed by atoms with Gasteiger partial charge in [0, 0.05) is 16.5 Å². The van der Waals surface area contributed by atoms with Crippen molar-refractivity contribution in [3.63, 3.8) is 0 Å². The molecule has 2 aromatic rings. The van der Waals surface area contributed by atoms with Gasteiger partial charge < -0.3 is 11.1 Å². The molecular weight excluding hydrogens is 344 g/mol. The Bertz CT molecular complexity index is 683. The van der Waals surface area contributed by atoms with E-state index in [9.17, 15) is 9.59 Å². The Morgan fingerprint density at radius 3 is 2.45 bits per heavy atom. The number of nitrogens with one attached hydrogen (secondary N) is 1. The smallest absolute Gasteiger partial charge is 0.251 e. The summed E-state index contributed by atoms with van der Waals surface area (Å²) in [6.07, 6.45) is 0.370. The van der Waals surface area contributed by atoms with Gasteiger partial charge in [-0.1, -0.05) is 51.8 Å². The molecule has 0 saturated heterocycles. The number of carbonyl (C=O) groups excluding carboxylic acids is 2. The van der Waals surface area contributed by atoms with Crippen molar-refractivity contribution in [3.8, 4) is 0 Å². The Morgan fingerprint density at radius 2 is 1.86 bits per heavy atom. The first-order valence-corrected chi connectivity index (χ1v) is 7.66. The maximum Gasteiger partial charge on any atom is 0.251 e. The number of amides is 2. The first-order valence-electron chi connectivity index (χ1n) is 6.87. The van der Waals surface area contributed by atoms with E-state index in [1.165, 1.54) is 0 Å². The summed E-state index contributed by atoms with van der Waals surface area (Å²) in [4.78, 5) is 23.8. The van der Waals surface area contributed by atoms with Crippen molar-refractivity contribution in [2.24, 2.45) is 5.73 Å². The van der Waals surface area contributed by atoms with Gasteiger partial charge in [-0.2, -0.15) is 0 Å². The van der Waals surface area contributed by atoms with Gasteiger partial charge in [0.2, 0.25) is 5.91 Å². The molecule has 0 radical (unpaired) electrons. The monoisotopic (exact) mass is 360 g/mol. The molecule has 2 rings (SSSR count). The summed E-state index contributed by atoms with van der Waals surface area (Å²) < 4.78 is 0.800. The van der Waals surface area contributed by atoms with Crippen molar-refractivity contribution in [1.29, 1.82) is 0 Å². The molecule has 3 N–H and O–H groups in total. The SMILES string of the molecule is Cc1ccc(C[C@H](NC(=O)c2cccc(Br)c2)C(N)=O)cc1. The van der Waals surface area contributed by atoms with Crippen LogP contribution in [0.2, 0.25) is 0 Å². The van der Waals surface area contributed by atoms with Crippen LogP contribution in [0, 0.1) is 6.92 Å². The third-order valence-electron chi connectivity index (χ3n) is 3.30. The predicted octanol–water partition coefficient (Wildman–Crippen LogP) is 2.58. The minimum atomic E-state index is -0.741. The molecule has 22 heavy (non-hydrogen) atoms. The zero-order chi connectivity index (χ0) is 16.1. The van der Waals surface area contributed by atoms with Gasteiger partial charge in [0.05, 0.1) is 0 Å². The van der Waals surface area contributed by atoms with Gasteiger partial charge in [0.25, 0.3) is 5.91 Å². The summed E-state index contributed by atoms with van der Waals surface area (Å²) >= 11 is 3.31. The molecule has 0 bridgehead atoms. The summed E-state index contributed by atoms with van der Waals surface area (Å²) in [5.41, 5.74) is 7.97. The van der Waals surface area contributed by atoms with E-state index in [1.807, 2.05) is 37.3 Å². The number of carbonyl (C=O) groups is 2. The van der Waals surface area contributed by atoms with Gasteiger partial charge >= 0.3 is 0 Å². The lowest BCUT2D eigenvalue weighted by molar-refractivity contribution is -0.119. The van der Waals surface area contributed by atoms with Crippen molar-refractivity contribution < 1.29 is 9.59 Å². The number of hydrogen-bond acceptors (Lipinski definition) is 2. The number of benzene rings is 2. The van der Waals surface area contributed by atoms with Gasteiger partial charge in [-0.3, -0.25) is 9.59 Å². The molecule has 0 aliphatic carbocycles. The molecule has 0 fully saturated rings. The van der Waals surface area contributed by atoms with Crippen LogP contribution in [0.4, 0.5) is 0 Å². The highest BCUT2D eigenvalue weighted by atomic mass is 79.9. The quantitative estimate of drug-likeness (QED) is 0.859. The molecule has 2 amide bonds. The van der Waals surface area contributed by atoms with Gasteiger partial charge in [-0.05, 0) is 30.7 Å². The molecule has 1 atom stereocenters. The molecular formula is C17H17BrN2O2. The third-order valence-corrected chi connectivity index (χ3v) is 3.79. The third kappa shape index (κ3) is 4.43. The number of hydrogen-bond donors (Lipinski definition) is 2. The Kier molecular flexibility index (Phi) is 5.33. The average Bonchev–Trinajstić information content (AvgIpc) is 2.48. The number of halogens is 1. The van der Waals surface area contributed by atoms with E-state index in [2.05, 4.69) is 21.2 Å². The maximum atomic E-state index is 12.2. The Hall–Kier alpha value is -2.14. The van der Waals surface area contributed by atoms with Crippen molar-refractivity contribution in [1.82, 2.24) is 5.32 Å². The van der Waals surface area contributed by atoms with Crippen LogP contribution < -0.4 is 11.1 Å². The number of aryl methyl sites for hydroxylation is 1. The number of primary amides is 1. The minimum absolute atomic E-state index is 0.322. The van der Waals surface area contributed by atoms with E-state index in [-0.39, 0.29) is 5.91 Å². The van der Waals surface area contributed by atoms with E-state index >= 15 is 0 Å². The first-order chi connectivity index (χ1) is 10.5. The Balaban J connectivity index is 2.10. The highest BCUT2D eigenvalue weighted by Gasteiger charge is 2.19. The fraction of sp³-hybridized carbons (Fsp3) is 0.176. The van der Waals surface area contributed by atoms with E-state index in [0.29, 0.717) is 12.0 Å². The maximum absolute atomic E-state index is 12.2. The Labute approximate surface area is 137 Å². The summed E-state index contributed by atoms with van der Waals surface area (Å²) in [6.45, 7) is 1.99. The zero-order valence-corrected chi connectivity index (χ0v) is 13.8. The number of rotatable bonds is 5. The zero-order valence-electron chi connectivity index (χ0n) is 12.2. The summed E-state index contributed by atoms with van der Waals surface area (Å²) in [5, 5.41) is 2.69. The van der Waals surface area contributed by atoms with Gasteiger partial charge in [0.1, 0.15) is 6.04 Å². The van der Waals surface area contributed by atoms with E-state index in [1.54, 1.807) is 18.2 Å². The van der Waals surface area contributed by atoms with Crippen molar-refractivity contribution >= 4 is 27.7 Å². The molecule has 114 valence electrons. The summed E-state index contributed by atoms with van der Waals surface area (Å²) in [6, 6.07) is 14.0. The molecule has 0 saturated carbocycles. The molecule has 4 nitrogen and oxygen atoms in total. The highest BCUT2D eigenvalue weighted by molar-refractivity contribution is 9.10. The second-order valence-electron chi connectivity index (χ2n) is 5.13. The van der Waals surface area contributed by atoms with Crippen LogP contribution in [0.1, 0.15) is 21.5 Å². The molecule has 0 aliphatic heterocycles. The van der Waals surface area contributed by atoms with Gasteiger partial charge in [-0.15, -0.1) is 0 Å². The normalized spacial score (nSPS) is 11.7.